The van der Waals surface area contributed by atoms with Crippen molar-refractivity contribution in [1.82, 2.24) is 9.88 Å². The van der Waals surface area contributed by atoms with E-state index in [0.29, 0.717) is 11.5 Å². The van der Waals surface area contributed by atoms with Crippen molar-refractivity contribution in [3.63, 3.8) is 0 Å². The van der Waals surface area contributed by atoms with E-state index >= 15 is 0 Å². The summed E-state index contributed by atoms with van der Waals surface area (Å²) in [4.78, 5) is 18.9. The molecule has 0 aliphatic heterocycles. The van der Waals surface area contributed by atoms with Gasteiger partial charge in [-0.25, -0.2) is 4.98 Å². The Morgan fingerprint density at radius 1 is 1.30 bits per heavy atom. The van der Waals surface area contributed by atoms with Crippen LogP contribution >= 0.6 is 0 Å². The van der Waals surface area contributed by atoms with E-state index in [4.69, 9.17) is 0 Å². The standard InChI is InChI=1S/C16H27N3O/c1-7-12(5)19(6)16(20)13-9-14(11(3)4)18-15(10-13)17-8-2/h9-12H,7-8H2,1-6H3,(H,17,18). The molecule has 0 aromatic carbocycles. The van der Waals surface area contributed by atoms with E-state index in [9.17, 15) is 4.79 Å². The number of aromatic nitrogens is 1. The summed E-state index contributed by atoms with van der Waals surface area (Å²) in [6.07, 6.45) is 0.949. The molecule has 1 atom stereocenters. The summed E-state index contributed by atoms with van der Waals surface area (Å²) in [5.41, 5.74) is 1.66. The minimum absolute atomic E-state index is 0.0582. The van der Waals surface area contributed by atoms with Crippen LogP contribution in [0.3, 0.4) is 0 Å². The summed E-state index contributed by atoms with van der Waals surface area (Å²) in [6, 6.07) is 3.99. The molecule has 4 nitrogen and oxygen atoms in total. The molecular formula is C16H27N3O. The number of anilines is 1. The second-order valence-electron chi connectivity index (χ2n) is 5.52. The number of rotatable bonds is 6. The zero-order valence-corrected chi connectivity index (χ0v) is 13.5. The first-order chi connectivity index (χ1) is 9.40. The molecule has 1 N–H and O–H groups in total. The van der Waals surface area contributed by atoms with Crippen molar-refractivity contribution >= 4 is 11.7 Å². The van der Waals surface area contributed by atoms with Crippen LogP contribution in [0.25, 0.3) is 0 Å². The summed E-state index contributed by atoms with van der Waals surface area (Å²) >= 11 is 0. The highest BCUT2D eigenvalue weighted by Crippen LogP contribution is 2.19. The fourth-order valence-electron chi connectivity index (χ4n) is 1.92. The first-order valence-electron chi connectivity index (χ1n) is 7.43. The van der Waals surface area contributed by atoms with Gasteiger partial charge < -0.3 is 10.2 Å². The monoisotopic (exact) mass is 277 g/mol. The highest BCUT2D eigenvalue weighted by Gasteiger charge is 2.18. The van der Waals surface area contributed by atoms with Crippen molar-refractivity contribution < 1.29 is 4.79 Å². The van der Waals surface area contributed by atoms with Gasteiger partial charge in [0.05, 0.1) is 0 Å². The van der Waals surface area contributed by atoms with E-state index in [2.05, 4.69) is 38.0 Å². The molecule has 0 saturated carbocycles. The molecule has 0 bridgehead atoms. The number of hydrogen-bond acceptors (Lipinski definition) is 3. The maximum absolute atomic E-state index is 12.5. The van der Waals surface area contributed by atoms with Crippen LogP contribution in [0.2, 0.25) is 0 Å². The molecular weight excluding hydrogens is 250 g/mol. The fourth-order valence-corrected chi connectivity index (χ4v) is 1.92. The SMILES string of the molecule is CCNc1cc(C(=O)N(C)C(C)CC)cc(C(C)C)n1. The lowest BCUT2D eigenvalue weighted by molar-refractivity contribution is 0.0740. The van der Waals surface area contributed by atoms with Gasteiger partial charge >= 0.3 is 0 Å². The first-order valence-corrected chi connectivity index (χ1v) is 7.43. The quantitative estimate of drug-likeness (QED) is 0.865. The Kier molecular flexibility index (Phi) is 5.99. The molecule has 0 spiro atoms. The Bertz CT molecular complexity index is 457. The molecule has 20 heavy (non-hydrogen) atoms. The predicted octanol–water partition coefficient (Wildman–Crippen LogP) is 3.51. The van der Waals surface area contributed by atoms with E-state index in [0.717, 1.165) is 24.5 Å². The number of carbonyl (C=O) groups excluding carboxylic acids is 1. The predicted molar refractivity (Wildman–Crippen MR) is 84.3 cm³/mol. The number of hydrogen-bond donors (Lipinski definition) is 1. The third kappa shape index (κ3) is 3.95. The minimum Gasteiger partial charge on any atom is -0.370 e. The highest BCUT2D eigenvalue weighted by atomic mass is 16.2. The molecule has 0 fully saturated rings. The van der Waals surface area contributed by atoms with Gasteiger partial charge in [0.25, 0.3) is 5.91 Å². The Hall–Kier alpha value is -1.58. The molecule has 112 valence electrons. The summed E-state index contributed by atoms with van der Waals surface area (Å²) in [6.45, 7) is 11.1. The maximum atomic E-state index is 12.5. The molecule has 0 aliphatic carbocycles. The lowest BCUT2D eigenvalue weighted by Crippen LogP contribution is -2.34. The Morgan fingerprint density at radius 3 is 2.45 bits per heavy atom. The minimum atomic E-state index is 0.0582. The van der Waals surface area contributed by atoms with Crippen molar-refractivity contribution in [2.75, 3.05) is 18.9 Å². The summed E-state index contributed by atoms with van der Waals surface area (Å²) in [7, 11) is 1.86. The van der Waals surface area contributed by atoms with Crippen LogP contribution in [0, 0.1) is 0 Å². The number of nitrogens with zero attached hydrogens (tertiary/aromatic N) is 2. The topological polar surface area (TPSA) is 45.2 Å². The molecule has 0 aliphatic rings. The molecule has 1 rings (SSSR count). The van der Waals surface area contributed by atoms with Crippen LogP contribution < -0.4 is 5.32 Å². The molecule has 1 aromatic rings. The van der Waals surface area contributed by atoms with E-state index in [-0.39, 0.29) is 11.9 Å². The van der Waals surface area contributed by atoms with Gasteiger partial charge in [0, 0.05) is 30.9 Å². The van der Waals surface area contributed by atoms with Gasteiger partial charge in [-0.05, 0) is 38.3 Å². The van der Waals surface area contributed by atoms with Gasteiger partial charge in [-0.1, -0.05) is 20.8 Å². The van der Waals surface area contributed by atoms with Gasteiger partial charge in [0.2, 0.25) is 0 Å². The van der Waals surface area contributed by atoms with Crippen molar-refractivity contribution in [1.29, 1.82) is 0 Å². The van der Waals surface area contributed by atoms with Crippen molar-refractivity contribution in [2.45, 2.75) is 53.0 Å². The highest BCUT2D eigenvalue weighted by molar-refractivity contribution is 5.95. The van der Waals surface area contributed by atoms with Gasteiger partial charge in [-0.15, -0.1) is 0 Å². The van der Waals surface area contributed by atoms with Crippen molar-refractivity contribution in [3.8, 4) is 0 Å². The third-order valence-corrected chi connectivity index (χ3v) is 3.61. The molecule has 1 aromatic heterocycles. The molecule has 0 saturated heterocycles. The molecule has 1 amide bonds. The zero-order valence-electron chi connectivity index (χ0n) is 13.5. The zero-order chi connectivity index (χ0) is 15.3. The van der Waals surface area contributed by atoms with Crippen LogP contribution in [0.4, 0.5) is 5.82 Å². The largest absolute Gasteiger partial charge is 0.370 e. The Balaban J connectivity index is 3.12. The number of carbonyl (C=O) groups is 1. The summed E-state index contributed by atoms with van der Waals surface area (Å²) < 4.78 is 0. The second kappa shape index (κ2) is 7.27. The molecule has 4 heteroatoms. The first kappa shape index (κ1) is 16.5. The Labute approximate surface area is 122 Å². The molecule has 0 radical (unpaired) electrons. The summed E-state index contributed by atoms with van der Waals surface area (Å²) in [5, 5.41) is 3.20. The van der Waals surface area contributed by atoms with Crippen LogP contribution in [0.1, 0.15) is 63.0 Å². The van der Waals surface area contributed by atoms with Crippen LogP contribution in [-0.2, 0) is 0 Å². The van der Waals surface area contributed by atoms with Crippen LogP contribution in [0.5, 0.6) is 0 Å². The van der Waals surface area contributed by atoms with Crippen molar-refractivity contribution in [3.05, 3.63) is 23.4 Å². The maximum Gasteiger partial charge on any atom is 0.254 e. The lowest BCUT2D eigenvalue weighted by Gasteiger charge is -2.24. The number of amides is 1. The Morgan fingerprint density at radius 2 is 1.95 bits per heavy atom. The van der Waals surface area contributed by atoms with Gasteiger partial charge in [0.1, 0.15) is 5.82 Å². The van der Waals surface area contributed by atoms with E-state index in [1.165, 1.54) is 0 Å². The molecule has 1 heterocycles. The average Bonchev–Trinajstić information content (AvgIpc) is 2.44. The smallest absolute Gasteiger partial charge is 0.254 e. The van der Waals surface area contributed by atoms with Crippen molar-refractivity contribution in [2.24, 2.45) is 0 Å². The van der Waals surface area contributed by atoms with Gasteiger partial charge in [0.15, 0.2) is 0 Å². The van der Waals surface area contributed by atoms with Crippen LogP contribution in [0.15, 0.2) is 12.1 Å². The van der Waals surface area contributed by atoms with Gasteiger partial charge in [-0.3, -0.25) is 4.79 Å². The average molecular weight is 277 g/mol. The van der Waals surface area contributed by atoms with Gasteiger partial charge in [-0.2, -0.15) is 0 Å². The number of nitrogens with one attached hydrogen (secondary N) is 1. The number of pyridine rings is 1. The lowest BCUT2D eigenvalue weighted by atomic mass is 10.1. The normalized spacial score (nSPS) is 12.3. The second-order valence-corrected chi connectivity index (χ2v) is 5.52. The summed E-state index contributed by atoms with van der Waals surface area (Å²) in [5.74, 6) is 1.14. The van der Waals surface area contributed by atoms with E-state index < -0.39 is 0 Å². The fraction of sp³-hybridized carbons (Fsp3) is 0.625. The van der Waals surface area contributed by atoms with E-state index in [1.54, 1.807) is 4.90 Å². The van der Waals surface area contributed by atoms with Crippen LogP contribution in [-0.4, -0.2) is 35.4 Å². The van der Waals surface area contributed by atoms with E-state index in [1.807, 2.05) is 26.1 Å². The molecule has 1 unspecified atom stereocenters. The third-order valence-electron chi connectivity index (χ3n) is 3.61.